The maximum atomic E-state index is 14.2. The first-order valence-corrected chi connectivity index (χ1v) is 10.8. The summed E-state index contributed by atoms with van der Waals surface area (Å²) in [6, 6.07) is 13.6. The van der Waals surface area contributed by atoms with Crippen molar-refractivity contribution >= 4 is 17.7 Å². The summed E-state index contributed by atoms with van der Waals surface area (Å²) in [5, 5.41) is 9.80. The van der Waals surface area contributed by atoms with Crippen molar-refractivity contribution in [3.8, 4) is 0 Å². The molecule has 28 heavy (non-hydrogen) atoms. The number of aliphatic carboxylic acids is 1. The van der Waals surface area contributed by atoms with Crippen LogP contribution in [-0.4, -0.2) is 27.8 Å². The van der Waals surface area contributed by atoms with Crippen LogP contribution in [0.1, 0.15) is 48.8 Å². The quantitative estimate of drug-likeness (QED) is 0.590. The molecular weight excluding hydrogens is 373 g/mol. The van der Waals surface area contributed by atoms with Gasteiger partial charge in [0.2, 0.25) is 0 Å². The molecule has 5 heteroatoms. The molecule has 0 unspecified atom stereocenters. The molecule has 150 valence electrons. The fraction of sp³-hybridized carbons (Fsp3) is 0.435. The van der Waals surface area contributed by atoms with Gasteiger partial charge in [0.05, 0.1) is 6.42 Å². The Kier molecular flexibility index (Phi) is 7.51. The number of aryl methyl sites for hydroxylation is 1. The average Bonchev–Trinajstić information content (AvgIpc) is 3.16. The van der Waals surface area contributed by atoms with Gasteiger partial charge >= 0.3 is 5.97 Å². The van der Waals surface area contributed by atoms with E-state index >= 15 is 0 Å². The van der Waals surface area contributed by atoms with Crippen LogP contribution < -0.4 is 0 Å². The van der Waals surface area contributed by atoms with Gasteiger partial charge in [0.25, 0.3) is 0 Å². The lowest BCUT2D eigenvalue weighted by Gasteiger charge is -2.23. The van der Waals surface area contributed by atoms with Crippen molar-refractivity contribution in [3.05, 3.63) is 65.0 Å². The molecule has 0 atom stereocenters. The fourth-order valence-electron chi connectivity index (χ4n) is 3.71. The zero-order chi connectivity index (χ0) is 19.9. The number of carboxylic acid groups (broad SMARTS) is 1. The first kappa shape index (κ1) is 20.9. The third kappa shape index (κ3) is 6.35. The highest BCUT2D eigenvalue weighted by Crippen LogP contribution is 2.35. The van der Waals surface area contributed by atoms with Crippen LogP contribution in [0.15, 0.2) is 47.4 Å². The SMILES string of the molecule is Cc1ccc(F)c(CN(CCC(=O)O)Cc2cccc(SC3CCCC3)c2)c1. The molecule has 1 aliphatic carbocycles. The van der Waals surface area contributed by atoms with E-state index in [2.05, 4.69) is 24.3 Å². The monoisotopic (exact) mass is 401 g/mol. The third-order valence-corrected chi connectivity index (χ3v) is 6.48. The first-order valence-electron chi connectivity index (χ1n) is 9.94. The van der Waals surface area contributed by atoms with Gasteiger partial charge in [-0.25, -0.2) is 4.39 Å². The summed E-state index contributed by atoms with van der Waals surface area (Å²) in [5.41, 5.74) is 2.76. The zero-order valence-corrected chi connectivity index (χ0v) is 17.2. The Balaban J connectivity index is 1.71. The Bertz CT molecular complexity index is 805. The second-order valence-electron chi connectivity index (χ2n) is 7.62. The molecular formula is C23H28FNO2S. The minimum atomic E-state index is -0.833. The number of rotatable bonds is 9. The van der Waals surface area contributed by atoms with E-state index in [1.54, 1.807) is 6.07 Å². The molecule has 1 N–H and O–H groups in total. The number of nitrogens with zero attached hydrogens (tertiary/aromatic N) is 1. The summed E-state index contributed by atoms with van der Waals surface area (Å²) in [5.74, 6) is -1.07. The number of carbonyl (C=O) groups is 1. The van der Waals surface area contributed by atoms with Crippen molar-refractivity contribution in [2.75, 3.05) is 6.54 Å². The summed E-state index contributed by atoms with van der Waals surface area (Å²) in [4.78, 5) is 14.4. The van der Waals surface area contributed by atoms with Gasteiger partial charge in [0.15, 0.2) is 0 Å². The molecule has 1 saturated carbocycles. The minimum absolute atomic E-state index is 0.0456. The highest BCUT2D eigenvalue weighted by Gasteiger charge is 2.17. The Morgan fingerprint density at radius 2 is 1.96 bits per heavy atom. The molecule has 0 aromatic heterocycles. The highest BCUT2D eigenvalue weighted by atomic mass is 32.2. The Morgan fingerprint density at radius 3 is 2.71 bits per heavy atom. The maximum Gasteiger partial charge on any atom is 0.304 e. The van der Waals surface area contributed by atoms with E-state index < -0.39 is 5.97 Å². The van der Waals surface area contributed by atoms with Crippen molar-refractivity contribution in [3.63, 3.8) is 0 Å². The molecule has 2 aromatic rings. The Hall–Kier alpha value is -1.85. The first-order chi connectivity index (χ1) is 13.5. The molecule has 3 rings (SSSR count). The van der Waals surface area contributed by atoms with Crippen molar-refractivity contribution in [2.45, 2.75) is 62.3 Å². The van der Waals surface area contributed by atoms with Gasteiger partial charge in [0, 0.05) is 35.3 Å². The van der Waals surface area contributed by atoms with Crippen LogP contribution in [0.5, 0.6) is 0 Å². The molecule has 3 nitrogen and oxygen atoms in total. The van der Waals surface area contributed by atoms with Crippen LogP contribution in [-0.2, 0) is 17.9 Å². The molecule has 2 aromatic carbocycles. The number of hydrogen-bond donors (Lipinski definition) is 1. The average molecular weight is 402 g/mol. The van der Waals surface area contributed by atoms with Crippen molar-refractivity contribution in [2.24, 2.45) is 0 Å². The van der Waals surface area contributed by atoms with Crippen LogP contribution in [0.4, 0.5) is 4.39 Å². The maximum absolute atomic E-state index is 14.2. The Labute approximate surface area is 171 Å². The lowest BCUT2D eigenvalue weighted by atomic mass is 10.1. The van der Waals surface area contributed by atoms with E-state index in [1.165, 1.54) is 36.6 Å². The number of thioether (sulfide) groups is 1. The standard InChI is InChI=1S/C23H28FNO2S/c1-17-9-10-22(24)19(13-17)16-25(12-11-23(26)27)15-18-5-4-8-21(14-18)28-20-6-2-3-7-20/h4-5,8-10,13-14,20H,2-3,6-7,11-12,15-16H2,1H3,(H,26,27). The lowest BCUT2D eigenvalue weighted by Crippen LogP contribution is -2.26. The van der Waals surface area contributed by atoms with E-state index in [0.717, 1.165) is 11.1 Å². The number of benzene rings is 2. The van der Waals surface area contributed by atoms with Gasteiger partial charge in [-0.15, -0.1) is 11.8 Å². The summed E-state index contributed by atoms with van der Waals surface area (Å²) in [7, 11) is 0. The van der Waals surface area contributed by atoms with Gasteiger partial charge in [0.1, 0.15) is 5.82 Å². The van der Waals surface area contributed by atoms with Crippen LogP contribution in [0.25, 0.3) is 0 Å². The molecule has 0 amide bonds. The van der Waals surface area contributed by atoms with Gasteiger partial charge in [-0.1, -0.05) is 42.7 Å². The van der Waals surface area contributed by atoms with Crippen LogP contribution in [0, 0.1) is 12.7 Å². The second kappa shape index (κ2) is 10.1. The summed E-state index contributed by atoms with van der Waals surface area (Å²) in [6.45, 7) is 3.34. The highest BCUT2D eigenvalue weighted by molar-refractivity contribution is 8.00. The van der Waals surface area contributed by atoms with E-state index in [9.17, 15) is 9.18 Å². The van der Waals surface area contributed by atoms with Crippen LogP contribution in [0.3, 0.4) is 0 Å². The Morgan fingerprint density at radius 1 is 1.18 bits per heavy atom. The molecule has 0 radical (unpaired) electrons. The van der Waals surface area contributed by atoms with E-state index in [4.69, 9.17) is 5.11 Å². The predicted molar refractivity (Wildman–Crippen MR) is 112 cm³/mol. The predicted octanol–water partition coefficient (Wildman–Crippen LogP) is 5.65. The topological polar surface area (TPSA) is 40.5 Å². The molecule has 1 fully saturated rings. The van der Waals surface area contributed by atoms with Crippen LogP contribution in [0.2, 0.25) is 0 Å². The van der Waals surface area contributed by atoms with Gasteiger partial charge in [-0.05, 0) is 43.5 Å². The third-order valence-electron chi connectivity index (χ3n) is 5.15. The van der Waals surface area contributed by atoms with Gasteiger partial charge < -0.3 is 5.11 Å². The van der Waals surface area contributed by atoms with E-state index in [-0.39, 0.29) is 12.2 Å². The van der Waals surface area contributed by atoms with E-state index in [0.29, 0.717) is 30.4 Å². The number of hydrogen-bond acceptors (Lipinski definition) is 3. The minimum Gasteiger partial charge on any atom is -0.481 e. The molecule has 1 aliphatic rings. The van der Waals surface area contributed by atoms with Crippen molar-refractivity contribution in [1.29, 1.82) is 0 Å². The van der Waals surface area contributed by atoms with Crippen molar-refractivity contribution < 1.29 is 14.3 Å². The largest absolute Gasteiger partial charge is 0.481 e. The fourth-order valence-corrected chi connectivity index (χ4v) is 5.04. The summed E-state index contributed by atoms with van der Waals surface area (Å²) in [6.07, 6.45) is 5.26. The van der Waals surface area contributed by atoms with Gasteiger partial charge in [-0.2, -0.15) is 0 Å². The van der Waals surface area contributed by atoms with Crippen LogP contribution >= 0.6 is 11.8 Å². The second-order valence-corrected chi connectivity index (χ2v) is 8.99. The summed E-state index contributed by atoms with van der Waals surface area (Å²) < 4.78 is 14.2. The molecule has 0 saturated heterocycles. The number of carboxylic acids is 1. The van der Waals surface area contributed by atoms with E-state index in [1.807, 2.05) is 29.7 Å². The molecule has 0 heterocycles. The molecule has 0 aliphatic heterocycles. The van der Waals surface area contributed by atoms with Crippen molar-refractivity contribution in [1.82, 2.24) is 4.90 Å². The normalized spacial score (nSPS) is 14.7. The zero-order valence-electron chi connectivity index (χ0n) is 16.4. The number of halogens is 1. The molecule has 0 spiro atoms. The molecule has 0 bridgehead atoms. The van der Waals surface area contributed by atoms with Gasteiger partial charge in [-0.3, -0.25) is 9.69 Å². The summed E-state index contributed by atoms with van der Waals surface area (Å²) >= 11 is 1.95. The smallest absolute Gasteiger partial charge is 0.304 e. The lowest BCUT2D eigenvalue weighted by molar-refractivity contribution is -0.137.